The predicted molar refractivity (Wildman–Crippen MR) is 300 cm³/mol. The molecule has 1 heterocycles. The maximum atomic E-state index is 2.56. The van der Waals surface area contributed by atoms with E-state index in [-0.39, 0.29) is 5.41 Å². The predicted octanol–water partition coefficient (Wildman–Crippen LogP) is 18.2. The van der Waals surface area contributed by atoms with Gasteiger partial charge in [-0.15, -0.1) is 0 Å². The summed E-state index contributed by atoms with van der Waals surface area (Å²) in [6, 6.07) is 95.4. The normalized spacial score (nSPS) is 15.2. The second-order valence-corrected chi connectivity index (χ2v) is 20.3. The van der Waals surface area contributed by atoms with Gasteiger partial charge >= 0.3 is 0 Å². The molecule has 0 fully saturated rings. The van der Waals surface area contributed by atoms with E-state index in [1.165, 1.54) is 117 Å². The number of fused-ring (bicyclic) bond motifs is 16. The number of hydrogen-bond donors (Lipinski definition) is 0. The van der Waals surface area contributed by atoms with Crippen molar-refractivity contribution in [2.75, 3.05) is 4.90 Å². The minimum atomic E-state index is -0.572. The molecule has 1 spiro atoms. The van der Waals surface area contributed by atoms with E-state index in [9.17, 15) is 0 Å². The number of hydrogen-bond acceptors (Lipinski definition) is 1. The third-order valence-electron chi connectivity index (χ3n) is 16.4. The fourth-order valence-electron chi connectivity index (χ4n) is 13.3. The van der Waals surface area contributed by atoms with Crippen LogP contribution in [0.3, 0.4) is 0 Å². The van der Waals surface area contributed by atoms with Gasteiger partial charge < -0.3 is 9.47 Å². The van der Waals surface area contributed by atoms with Crippen molar-refractivity contribution < 1.29 is 0 Å². The van der Waals surface area contributed by atoms with E-state index < -0.39 is 5.41 Å². The fourth-order valence-corrected chi connectivity index (χ4v) is 13.3. The average Bonchev–Trinajstić information content (AvgIpc) is 4.12. The van der Waals surface area contributed by atoms with E-state index in [1.807, 2.05) is 0 Å². The lowest BCUT2D eigenvalue weighted by Crippen LogP contribution is -2.26. The minimum absolute atomic E-state index is 0.130. The Balaban J connectivity index is 0.995. The molecule has 0 N–H and O–H groups in total. The second kappa shape index (κ2) is 15.3. The van der Waals surface area contributed by atoms with Crippen molar-refractivity contribution in [1.82, 2.24) is 4.57 Å². The first-order valence-electron chi connectivity index (χ1n) is 25.3. The van der Waals surface area contributed by atoms with Gasteiger partial charge in [0.25, 0.3) is 0 Å². The molecule has 0 amide bonds. The van der Waals surface area contributed by atoms with Crippen molar-refractivity contribution in [3.8, 4) is 61.3 Å². The van der Waals surface area contributed by atoms with Crippen LogP contribution < -0.4 is 4.90 Å². The van der Waals surface area contributed by atoms with Crippen LogP contribution in [0.2, 0.25) is 0 Å². The summed E-state index contributed by atoms with van der Waals surface area (Å²) in [7, 11) is 0. The van der Waals surface area contributed by atoms with E-state index in [2.05, 4.69) is 278 Å². The summed E-state index contributed by atoms with van der Waals surface area (Å²) in [6.07, 6.45) is 0. The molecular formula is C70H48N2. The first kappa shape index (κ1) is 40.9. The summed E-state index contributed by atoms with van der Waals surface area (Å²) in [5.74, 6) is 0. The van der Waals surface area contributed by atoms with Gasteiger partial charge in [-0.3, -0.25) is 0 Å². The number of aromatic nitrogens is 1. The van der Waals surface area contributed by atoms with Crippen molar-refractivity contribution in [2.45, 2.75) is 24.7 Å². The van der Waals surface area contributed by atoms with Gasteiger partial charge in [-0.1, -0.05) is 208 Å². The largest absolute Gasteiger partial charge is 0.310 e. The van der Waals surface area contributed by atoms with Crippen molar-refractivity contribution in [2.24, 2.45) is 0 Å². The van der Waals surface area contributed by atoms with Crippen molar-refractivity contribution in [3.05, 3.63) is 288 Å². The SMILES string of the molecule is CC1(C)c2ccccc2-c2ccc(N(c3ccccc3)c3ccc4c5ccccc5n(-c5cccc6c5-c5ccccc5C65c6ccccc6-c6c(-c7ccccc7)cc(-c7ccccc7)cc65)c4c3)cc21. The summed E-state index contributed by atoms with van der Waals surface area (Å²) < 4.78 is 2.56. The molecule has 1 aromatic heterocycles. The highest BCUT2D eigenvalue weighted by atomic mass is 15.1. The van der Waals surface area contributed by atoms with Gasteiger partial charge in [0.1, 0.15) is 0 Å². The molecule has 3 aliphatic carbocycles. The molecule has 3 aliphatic rings. The molecule has 15 rings (SSSR count). The number of rotatable bonds is 6. The maximum Gasteiger partial charge on any atom is 0.0726 e. The van der Waals surface area contributed by atoms with Crippen LogP contribution in [0, 0.1) is 0 Å². The van der Waals surface area contributed by atoms with Gasteiger partial charge in [0.2, 0.25) is 0 Å². The zero-order chi connectivity index (χ0) is 47.7. The van der Waals surface area contributed by atoms with Crippen LogP contribution in [0.25, 0.3) is 83.1 Å². The zero-order valence-electron chi connectivity index (χ0n) is 40.1. The van der Waals surface area contributed by atoms with Gasteiger partial charge in [-0.2, -0.15) is 0 Å². The number of para-hydroxylation sites is 2. The highest BCUT2D eigenvalue weighted by Gasteiger charge is 2.53. The molecule has 11 aromatic carbocycles. The van der Waals surface area contributed by atoms with Gasteiger partial charge in [0.05, 0.1) is 22.1 Å². The molecule has 2 nitrogen and oxygen atoms in total. The highest BCUT2D eigenvalue weighted by molar-refractivity contribution is 6.12. The first-order chi connectivity index (χ1) is 35.5. The van der Waals surface area contributed by atoms with Gasteiger partial charge in [0.15, 0.2) is 0 Å². The molecule has 0 bridgehead atoms. The van der Waals surface area contributed by atoms with Gasteiger partial charge in [0, 0.05) is 38.8 Å². The third-order valence-corrected chi connectivity index (χ3v) is 16.4. The summed E-state index contributed by atoms with van der Waals surface area (Å²) in [5.41, 5.74) is 26.9. The van der Waals surface area contributed by atoms with Crippen LogP contribution in [0.15, 0.2) is 255 Å². The van der Waals surface area contributed by atoms with Crippen molar-refractivity contribution in [3.63, 3.8) is 0 Å². The number of nitrogens with zero attached hydrogens (tertiary/aromatic N) is 2. The molecule has 1 unspecified atom stereocenters. The molecule has 2 heteroatoms. The van der Waals surface area contributed by atoms with Crippen LogP contribution in [-0.4, -0.2) is 4.57 Å². The molecule has 1 atom stereocenters. The quantitative estimate of drug-likeness (QED) is 0.161. The van der Waals surface area contributed by atoms with Crippen molar-refractivity contribution >= 4 is 38.9 Å². The Kier molecular flexibility index (Phi) is 8.66. The van der Waals surface area contributed by atoms with Crippen LogP contribution in [-0.2, 0) is 10.8 Å². The standard InChI is InChI=1S/C70H48N2/c1-69(2)58-31-16-12-27-51(58)52-39-37-49(43-62(52)69)71(48-25-10-5-11-26-48)50-38-40-54-53-28-15-19-35-64(53)72(66(54)44-50)65-36-20-34-61-68(65)56-30-14-18-33-60(56)70(61)59-32-17-13-29-55(59)67-57(46-23-8-4-9-24-46)41-47(42-63(67)70)45-21-6-3-7-22-45/h3-44H,1-2H3. The highest BCUT2D eigenvalue weighted by Crippen LogP contribution is 2.65. The van der Waals surface area contributed by atoms with Crippen LogP contribution >= 0.6 is 0 Å². The fraction of sp³-hybridized carbons (Fsp3) is 0.0571. The monoisotopic (exact) mass is 916 g/mol. The van der Waals surface area contributed by atoms with Crippen LogP contribution in [0.4, 0.5) is 17.1 Å². The van der Waals surface area contributed by atoms with Gasteiger partial charge in [-0.05, 0) is 144 Å². The molecular weight excluding hydrogens is 869 g/mol. The van der Waals surface area contributed by atoms with E-state index in [1.54, 1.807) is 0 Å². The molecule has 12 aromatic rings. The topological polar surface area (TPSA) is 8.17 Å². The first-order valence-corrected chi connectivity index (χ1v) is 25.3. The Labute approximate surface area is 420 Å². The van der Waals surface area contributed by atoms with E-state index in [4.69, 9.17) is 0 Å². The molecule has 0 aliphatic heterocycles. The summed E-state index contributed by atoms with van der Waals surface area (Å²) in [5, 5.41) is 2.46. The summed E-state index contributed by atoms with van der Waals surface area (Å²) in [4.78, 5) is 2.45. The zero-order valence-corrected chi connectivity index (χ0v) is 40.1. The lowest BCUT2D eigenvalue weighted by Gasteiger charge is -2.31. The Morgan fingerprint density at radius 1 is 0.306 bits per heavy atom. The average molecular weight is 917 g/mol. The second-order valence-electron chi connectivity index (χ2n) is 20.3. The number of benzene rings is 11. The lowest BCUT2D eigenvalue weighted by molar-refractivity contribution is 0.660. The van der Waals surface area contributed by atoms with Crippen LogP contribution in [0.5, 0.6) is 0 Å². The molecule has 338 valence electrons. The van der Waals surface area contributed by atoms with E-state index >= 15 is 0 Å². The molecule has 0 saturated carbocycles. The Morgan fingerprint density at radius 3 is 1.61 bits per heavy atom. The summed E-state index contributed by atoms with van der Waals surface area (Å²) >= 11 is 0. The van der Waals surface area contributed by atoms with Crippen LogP contribution in [0.1, 0.15) is 47.2 Å². The molecule has 72 heavy (non-hydrogen) atoms. The minimum Gasteiger partial charge on any atom is -0.310 e. The van der Waals surface area contributed by atoms with Crippen molar-refractivity contribution in [1.29, 1.82) is 0 Å². The Hall–Kier alpha value is -8.98. The Morgan fingerprint density at radius 2 is 0.861 bits per heavy atom. The van der Waals surface area contributed by atoms with E-state index in [0.29, 0.717) is 0 Å². The smallest absolute Gasteiger partial charge is 0.0726 e. The third kappa shape index (κ3) is 5.55. The van der Waals surface area contributed by atoms with E-state index in [0.717, 1.165) is 17.1 Å². The number of anilines is 3. The Bertz CT molecular complexity index is 4180. The molecule has 0 radical (unpaired) electrons. The summed E-state index contributed by atoms with van der Waals surface area (Å²) in [6.45, 7) is 4.74. The van der Waals surface area contributed by atoms with Gasteiger partial charge in [-0.25, -0.2) is 0 Å². The lowest BCUT2D eigenvalue weighted by atomic mass is 9.70. The maximum absolute atomic E-state index is 2.56. The molecule has 0 saturated heterocycles.